The molecule has 0 fully saturated rings. The Morgan fingerprint density at radius 1 is 0.235 bits per heavy atom. The molecule has 0 saturated carbocycles. The summed E-state index contributed by atoms with van der Waals surface area (Å²) in [6, 6.07) is 66.6. The fraction of sp³-hybridized carbons (Fsp3) is 0. The van der Waals surface area contributed by atoms with Gasteiger partial charge in [0.05, 0.1) is 0 Å². The van der Waals surface area contributed by atoms with Crippen molar-refractivity contribution in [2.45, 2.75) is 0 Å². The van der Waals surface area contributed by atoms with Gasteiger partial charge < -0.3 is 4.42 Å². The molecule has 0 saturated heterocycles. The first kappa shape index (κ1) is 28.2. The minimum atomic E-state index is 0.921. The van der Waals surface area contributed by atoms with Gasteiger partial charge in [0.15, 0.2) is 0 Å². The Hall–Kier alpha value is -6.70. The van der Waals surface area contributed by atoms with Crippen LogP contribution in [0.4, 0.5) is 0 Å². The Morgan fingerprint density at radius 2 is 0.647 bits per heavy atom. The van der Waals surface area contributed by atoms with Crippen LogP contribution in [0.3, 0.4) is 0 Å². The highest BCUT2D eigenvalue weighted by Gasteiger charge is 2.18. The van der Waals surface area contributed by atoms with Crippen LogP contribution in [0.1, 0.15) is 0 Å². The highest BCUT2D eigenvalue weighted by Crippen LogP contribution is 2.45. The van der Waals surface area contributed by atoms with Crippen LogP contribution in [0.15, 0.2) is 186 Å². The van der Waals surface area contributed by atoms with Gasteiger partial charge in [-0.05, 0) is 124 Å². The van der Waals surface area contributed by atoms with Gasteiger partial charge in [-0.3, -0.25) is 0 Å². The summed E-state index contributed by atoms with van der Waals surface area (Å²) in [5, 5.41) is 14.9. The normalized spacial score (nSPS) is 11.9. The molecular formula is C50H30O. The van der Waals surface area contributed by atoms with Gasteiger partial charge in [-0.2, -0.15) is 0 Å². The molecule has 10 aromatic carbocycles. The minimum absolute atomic E-state index is 0.921. The molecule has 1 aromatic heterocycles. The fourth-order valence-electron chi connectivity index (χ4n) is 8.39. The number of benzene rings is 10. The van der Waals surface area contributed by atoms with Gasteiger partial charge in [0, 0.05) is 10.8 Å². The Bertz CT molecular complexity index is 3140. The minimum Gasteiger partial charge on any atom is -0.456 e. The molecule has 0 radical (unpaired) electrons. The maximum Gasteiger partial charge on any atom is 0.135 e. The highest BCUT2D eigenvalue weighted by atomic mass is 16.3. The van der Waals surface area contributed by atoms with Crippen molar-refractivity contribution < 1.29 is 4.42 Å². The quantitative estimate of drug-likeness (QED) is 0.138. The third-order valence-electron chi connectivity index (χ3n) is 10.8. The van der Waals surface area contributed by atoms with Crippen molar-refractivity contribution >= 4 is 75.8 Å². The van der Waals surface area contributed by atoms with Crippen molar-refractivity contribution in [2.75, 3.05) is 0 Å². The zero-order chi connectivity index (χ0) is 33.5. The monoisotopic (exact) mass is 646 g/mol. The molecule has 236 valence electrons. The van der Waals surface area contributed by atoms with Crippen LogP contribution in [0.25, 0.3) is 109 Å². The lowest BCUT2D eigenvalue weighted by molar-refractivity contribution is 0.669. The second kappa shape index (κ2) is 10.9. The summed E-state index contributed by atoms with van der Waals surface area (Å²) in [6.45, 7) is 0. The van der Waals surface area contributed by atoms with Gasteiger partial charge >= 0.3 is 0 Å². The summed E-state index contributed by atoms with van der Waals surface area (Å²) in [7, 11) is 0. The predicted octanol–water partition coefficient (Wildman–Crippen LogP) is 14.4. The molecule has 11 rings (SSSR count). The average molecular weight is 647 g/mol. The van der Waals surface area contributed by atoms with E-state index in [1.54, 1.807) is 0 Å². The maximum absolute atomic E-state index is 6.09. The Morgan fingerprint density at radius 3 is 1.33 bits per heavy atom. The molecule has 0 aliphatic rings. The molecule has 1 heterocycles. The molecule has 11 aromatic rings. The first-order valence-electron chi connectivity index (χ1n) is 17.6. The Kier molecular flexibility index (Phi) is 6.02. The summed E-state index contributed by atoms with van der Waals surface area (Å²) in [4.78, 5) is 0. The second-order valence-corrected chi connectivity index (χ2v) is 13.6. The topological polar surface area (TPSA) is 13.1 Å². The van der Waals surface area contributed by atoms with Gasteiger partial charge in [-0.25, -0.2) is 0 Å². The molecule has 1 heteroatoms. The molecule has 0 unspecified atom stereocenters. The van der Waals surface area contributed by atoms with E-state index in [1.165, 1.54) is 87.2 Å². The van der Waals surface area contributed by atoms with Crippen LogP contribution in [0, 0.1) is 0 Å². The Labute approximate surface area is 294 Å². The number of rotatable bonds is 3. The lowest BCUT2D eigenvalue weighted by atomic mass is 9.85. The SMILES string of the molecule is c1ccc2c(c1)ccc1ccc(-c3c4ccccc4c(-c4ccc5cc(-c6ccc7oc8ccccc8c7c6)ccc5c4)c4ccccc34)cc12. The van der Waals surface area contributed by atoms with Gasteiger partial charge in [0.2, 0.25) is 0 Å². The van der Waals surface area contributed by atoms with Crippen molar-refractivity contribution in [3.05, 3.63) is 182 Å². The van der Waals surface area contributed by atoms with E-state index in [0.29, 0.717) is 0 Å². The predicted molar refractivity (Wildman–Crippen MR) is 218 cm³/mol. The lowest BCUT2D eigenvalue weighted by Gasteiger charge is -2.18. The zero-order valence-corrected chi connectivity index (χ0v) is 27.7. The standard InChI is InChI=1S/C50H30O/c1-2-10-39-31(9-1)17-18-32-19-23-38(30-45(32)39)50-43-14-5-3-12-41(43)49(42-13-4-6-15-44(42)50)37-24-22-33-27-34(20-21-35(33)28-37)36-25-26-48-46(29-36)40-11-7-8-16-47(40)51-48/h1-30H. The van der Waals surface area contributed by atoms with E-state index < -0.39 is 0 Å². The molecule has 0 N–H and O–H groups in total. The van der Waals surface area contributed by atoms with Crippen molar-refractivity contribution in [3.8, 4) is 33.4 Å². The van der Waals surface area contributed by atoms with Crippen LogP contribution in [-0.4, -0.2) is 0 Å². The molecule has 0 atom stereocenters. The molecule has 0 aliphatic carbocycles. The van der Waals surface area contributed by atoms with Crippen LogP contribution < -0.4 is 0 Å². The van der Waals surface area contributed by atoms with Crippen LogP contribution in [-0.2, 0) is 0 Å². The summed E-state index contributed by atoms with van der Waals surface area (Å²) in [5.74, 6) is 0. The molecule has 1 nitrogen and oxygen atoms in total. The maximum atomic E-state index is 6.09. The number of fused-ring (bicyclic) bond motifs is 9. The van der Waals surface area contributed by atoms with Gasteiger partial charge in [0.1, 0.15) is 11.2 Å². The fourth-order valence-corrected chi connectivity index (χ4v) is 8.39. The van der Waals surface area contributed by atoms with Crippen molar-refractivity contribution in [1.29, 1.82) is 0 Å². The van der Waals surface area contributed by atoms with Crippen LogP contribution in [0.5, 0.6) is 0 Å². The third-order valence-corrected chi connectivity index (χ3v) is 10.8. The van der Waals surface area contributed by atoms with E-state index in [-0.39, 0.29) is 0 Å². The lowest BCUT2D eigenvalue weighted by Crippen LogP contribution is -1.91. The van der Waals surface area contributed by atoms with Gasteiger partial charge in [0.25, 0.3) is 0 Å². The van der Waals surface area contributed by atoms with E-state index in [2.05, 4.69) is 170 Å². The van der Waals surface area contributed by atoms with Crippen LogP contribution >= 0.6 is 0 Å². The molecule has 0 amide bonds. The van der Waals surface area contributed by atoms with E-state index >= 15 is 0 Å². The van der Waals surface area contributed by atoms with Gasteiger partial charge in [-0.15, -0.1) is 0 Å². The van der Waals surface area contributed by atoms with Crippen molar-refractivity contribution in [2.24, 2.45) is 0 Å². The van der Waals surface area contributed by atoms with Gasteiger partial charge in [-0.1, -0.05) is 146 Å². The van der Waals surface area contributed by atoms with Crippen LogP contribution in [0.2, 0.25) is 0 Å². The molecule has 0 aliphatic heterocycles. The largest absolute Gasteiger partial charge is 0.456 e. The molecule has 51 heavy (non-hydrogen) atoms. The smallest absolute Gasteiger partial charge is 0.135 e. The first-order valence-corrected chi connectivity index (χ1v) is 17.6. The Balaban J connectivity index is 1.08. The molecule has 0 spiro atoms. The number of para-hydroxylation sites is 1. The van der Waals surface area contributed by atoms with Crippen molar-refractivity contribution in [3.63, 3.8) is 0 Å². The zero-order valence-electron chi connectivity index (χ0n) is 27.7. The number of furan rings is 1. The van der Waals surface area contributed by atoms with Crippen molar-refractivity contribution in [1.82, 2.24) is 0 Å². The third kappa shape index (κ3) is 4.35. The van der Waals surface area contributed by atoms with E-state index in [1.807, 2.05) is 12.1 Å². The number of hydrogen-bond donors (Lipinski definition) is 0. The summed E-state index contributed by atoms with van der Waals surface area (Å²) in [6.07, 6.45) is 0. The first-order chi connectivity index (χ1) is 25.3. The highest BCUT2D eigenvalue weighted by molar-refractivity contribution is 6.22. The summed E-state index contributed by atoms with van der Waals surface area (Å²) >= 11 is 0. The molecular weight excluding hydrogens is 617 g/mol. The number of hydrogen-bond acceptors (Lipinski definition) is 1. The summed E-state index contributed by atoms with van der Waals surface area (Å²) in [5.41, 5.74) is 9.27. The molecule has 0 bridgehead atoms. The summed E-state index contributed by atoms with van der Waals surface area (Å²) < 4.78 is 6.09. The van der Waals surface area contributed by atoms with E-state index in [0.717, 1.165) is 21.9 Å². The second-order valence-electron chi connectivity index (χ2n) is 13.6. The van der Waals surface area contributed by atoms with E-state index in [9.17, 15) is 0 Å². The van der Waals surface area contributed by atoms with E-state index in [4.69, 9.17) is 4.42 Å². The average Bonchev–Trinajstić information content (AvgIpc) is 3.57.